The number of benzene rings is 2. The minimum Gasteiger partial charge on any atom is -0.348 e. The number of aryl methyl sites for hydroxylation is 1. The van der Waals surface area contributed by atoms with Crippen molar-refractivity contribution < 1.29 is 13.2 Å². The number of amides is 1. The summed E-state index contributed by atoms with van der Waals surface area (Å²) in [5.74, 6) is 0.456. The quantitative estimate of drug-likeness (QED) is 0.578. The van der Waals surface area contributed by atoms with Gasteiger partial charge in [-0.3, -0.25) is 14.2 Å². The summed E-state index contributed by atoms with van der Waals surface area (Å²) < 4.78 is 29.1. The van der Waals surface area contributed by atoms with Crippen molar-refractivity contribution in [1.29, 1.82) is 0 Å². The Morgan fingerprint density at radius 2 is 1.94 bits per heavy atom. The van der Waals surface area contributed by atoms with Gasteiger partial charge in [-0.1, -0.05) is 18.6 Å². The third kappa shape index (κ3) is 5.15. The lowest BCUT2D eigenvalue weighted by atomic mass is 10.1. The molecule has 0 aliphatic carbocycles. The second-order valence-corrected chi connectivity index (χ2v) is 10.3. The molecule has 2 heterocycles. The molecule has 33 heavy (non-hydrogen) atoms. The van der Waals surface area contributed by atoms with E-state index in [1.165, 1.54) is 6.07 Å². The summed E-state index contributed by atoms with van der Waals surface area (Å²) in [5.41, 5.74) is 1.53. The maximum atomic E-state index is 12.9. The van der Waals surface area contributed by atoms with E-state index in [0.717, 1.165) is 31.5 Å². The standard InChI is InChI=1S/C24H28N4O4S/c1-16(2)27-33(31,32)19-8-6-7-17(13-19)15-25-23(29)18-10-11-20-21(14-18)26-22-9-4-3-5-12-28(22)24(20)30/h6-8,10-11,13-14,16,27H,3-5,9,12,15H2,1-2H3,(H,25,29). The van der Waals surface area contributed by atoms with Crippen LogP contribution in [0.3, 0.4) is 0 Å². The average Bonchev–Trinajstić information content (AvgIpc) is 3.02. The van der Waals surface area contributed by atoms with Crippen molar-refractivity contribution in [3.63, 3.8) is 0 Å². The minimum absolute atomic E-state index is 0.0584. The lowest BCUT2D eigenvalue weighted by Crippen LogP contribution is -2.30. The highest BCUT2D eigenvalue weighted by atomic mass is 32.2. The smallest absolute Gasteiger partial charge is 0.261 e. The zero-order valence-corrected chi connectivity index (χ0v) is 19.6. The Bertz CT molecular complexity index is 1360. The predicted molar refractivity (Wildman–Crippen MR) is 127 cm³/mol. The predicted octanol–water partition coefficient (Wildman–Crippen LogP) is 2.74. The molecule has 0 bridgehead atoms. The van der Waals surface area contributed by atoms with Gasteiger partial charge in [0, 0.05) is 31.1 Å². The lowest BCUT2D eigenvalue weighted by molar-refractivity contribution is 0.0951. The molecule has 8 nitrogen and oxygen atoms in total. The van der Waals surface area contributed by atoms with Crippen LogP contribution in [-0.2, 0) is 29.5 Å². The molecule has 174 valence electrons. The third-order valence-corrected chi connectivity index (χ3v) is 7.29. The van der Waals surface area contributed by atoms with Gasteiger partial charge in [0.25, 0.3) is 11.5 Å². The summed E-state index contributed by atoms with van der Waals surface area (Å²) in [6, 6.07) is 11.2. The van der Waals surface area contributed by atoms with E-state index in [1.54, 1.807) is 54.8 Å². The van der Waals surface area contributed by atoms with Gasteiger partial charge >= 0.3 is 0 Å². The monoisotopic (exact) mass is 468 g/mol. The summed E-state index contributed by atoms with van der Waals surface area (Å²) in [5, 5.41) is 3.33. The average molecular weight is 469 g/mol. The molecule has 0 saturated heterocycles. The number of carbonyl (C=O) groups is 1. The van der Waals surface area contributed by atoms with E-state index in [2.05, 4.69) is 15.0 Å². The largest absolute Gasteiger partial charge is 0.348 e. The molecule has 4 rings (SSSR count). The summed E-state index contributed by atoms with van der Waals surface area (Å²) >= 11 is 0. The summed E-state index contributed by atoms with van der Waals surface area (Å²) in [6.07, 6.45) is 3.80. The first-order valence-electron chi connectivity index (χ1n) is 11.2. The van der Waals surface area contributed by atoms with E-state index in [9.17, 15) is 18.0 Å². The fourth-order valence-electron chi connectivity index (χ4n) is 4.04. The van der Waals surface area contributed by atoms with Crippen molar-refractivity contribution in [3.05, 3.63) is 69.8 Å². The SMILES string of the molecule is CC(C)NS(=O)(=O)c1cccc(CNC(=O)c2ccc3c(=O)n4c(nc3c2)CCCCC4)c1. The maximum Gasteiger partial charge on any atom is 0.261 e. The van der Waals surface area contributed by atoms with Gasteiger partial charge in [-0.15, -0.1) is 0 Å². The summed E-state index contributed by atoms with van der Waals surface area (Å²) in [7, 11) is -3.61. The van der Waals surface area contributed by atoms with E-state index in [0.29, 0.717) is 28.6 Å². The number of nitrogens with one attached hydrogen (secondary N) is 2. The number of hydrogen-bond donors (Lipinski definition) is 2. The van der Waals surface area contributed by atoms with Gasteiger partial charge in [0.1, 0.15) is 5.82 Å². The fraction of sp³-hybridized carbons (Fsp3) is 0.375. The Hall–Kier alpha value is -3.04. The second kappa shape index (κ2) is 9.44. The fourth-order valence-corrected chi connectivity index (χ4v) is 5.37. The molecule has 0 fully saturated rings. The molecule has 0 atom stereocenters. The highest BCUT2D eigenvalue weighted by Crippen LogP contribution is 2.17. The molecule has 1 aliphatic rings. The Balaban J connectivity index is 1.53. The number of hydrogen-bond acceptors (Lipinski definition) is 5. The number of rotatable bonds is 6. The van der Waals surface area contributed by atoms with Crippen LogP contribution in [0.1, 0.15) is 54.9 Å². The molecule has 3 aromatic rings. The van der Waals surface area contributed by atoms with Crippen LogP contribution in [0.2, 0.25) is 0 Å². The molecule has 0 saturated carbocycles. The first-order chi connectivity index (χ1) is 15.7. The van der Waals surface area contributed by atoms with Crippen molar-refractivity contribution in [2.45, 2.75) is 63.6 Å². The van der Waals surface area contributed by atoms with Crippen LogP contribution < -0.4 is 15.6 Å². The van der Waals surface area contributed by atoms with Gasteiger partial charge in [-0.25, -0.2) is 18.1 Å². The van der Waals surface area contributed by atoms with Crippen LogP contribution >= 0.6 is 0 Å². The van der Waals surface area contributed by atoms with Crippen molar-refractivity contribution in [2.24, 2.45) is 0 Å². The van der Waals surface area contributed by atoms with Crippen LogP contribution in [-0.4, -0.2) is 29.9 Å². The van der Waals surface area contributed by atoms with Gasteiger partial charge < -0.3 is 5.32 Å². The van der Waals surface area contributed by atoms with Crippen LogP contribution in [0.5, 0.6) is 0 Å². The molecule has 1 aliphatic heterocycles. The van der Waals surface area contributed by atoms with E-state index >= 15 is 0 Å². The molecule has 0 unspecified atom stereocenters. The van der Waals surface area contributed by atoms with Crippen molar-refractivity contribution in [3.8, 4) is 0 Å². The third-order valence-electron chi connectivity index (χ3n) is 5.63. The number of aromatic nitrogens is 2. The van der Waals surface area contributed by atoms with E-state index in [-0.39, 0.29) is 28.9 Å². The van der Waals surface area contributed by atoms with Crippen LogP contribution in [0.15, 0.2) is 52.2 Å². The maximum absolute atomic E-state index is 12.9. The highest BCUT2D eigenvalue weighted by Gasteiger charge is 2.17. The van der Waals surface area contributed by atoms with Crippen LogP contribution in [0.25, 0.3) is 10.9 Å². The Morgan fingerprint density at radius 1 is 1.12 bits per heavy atom. The van der Waals surface area contributed by atoms with E-state index in [1.807, 2.05) is 0 Å². The van der Waals surface area contributed by atoms with Crippen molar-refractivity contribution in [1.82, 2.24) is 19.6 Å². The number of nitrogens with zero attached hydrogens (tertiary/aromatic N) is 2. The summed E-state index contributed by atoms with van der Waals surface area (Å²) in [4.78, 5) is 30.5. The Morgan fingerprint density at radius 3 is 2.73 bits per heavy atom. The van der Waals surface area contributed by atoms with Crippen LogP contribution in [0.4, 0.5) is 0 Å². The topological polar surface area (TPSA) is 110 Å². The number of sulfonamides is 1. The molecule has 2 aromatic carbocycles. The Labute approximate surface area is 193 Å². The first-order valence-corrected chi connectivity index (χ1v) is 12.7. The zero-order chi connectivity index (χ0) is 23.6. The molecular formula is C24H28N4O4S. The number of carbonyl (C=O) groups excluding carboxylic acids is 1. The summed E-state index contributed by atoms with van der Waals surface area (Å²) in [6.45, 7) is 4.36. The molecule has 1 amide bonds. The van der Waals surface area contributed by atoms with Crippen molar-refractivity contribution in [2.75, 3.05) is 0 Å². The highest BCUT2D eigenvalue weighted by molar-refractivity contribution is 7.89. The van der Waals surface area contributed by atoms with E-state index in [4.69, 9.17) is 0 Å². The van der Waals surface area contributed by atoms with Crippen LogP contribution in [0, 0.1) is 0 Å². The Kier molecular flexibility index (Phi) is 6.62. The zero-order valence-electron chi connectivity index (χ0n) is 18.8. The van der Waals surface area contributed by atoms with Gasteiger partial charge in [-0.05, 0) is 62.6 Å². The number of fused-ring (bicyclic) bond motifs is 2. The van der Waals surface area contributed by atoms with Gasteiger partial charge in [0.05, 0.1) is 15.8 Å². The molecule has 9 heteroatoms. The molecule has 2 N–H and O–H groups in total. The van der Waals surface area contributed by atoms with Gasteiger partial charge in [-0.2, -0.15) is 0 Å². The van der Waals surface area contributed by atoms with Gasteiger partial charge in [0.15, 0.2) is 0 Å². The van der Waals surface area contributed by atoms with Gasteiger partial charge in [0.2, 0.25) is 10.0 Å². The first kappa shape index (κ1) is 23.1. The molecule has 0 radical (unpaired) electrons. The molecule has 0 spiro atoms. The molecular weight excluding hydrogens is 440 g/mol. The second-order valence-electron chi connectivity index (χ2n) is 8.63. The normalized spacial score (nSPS) is 14.2. The lowest BCUT2D eigenvalue weighted by Gasteiger charge is -2.12. The van der Waals surface area contributed by atoms with E-state index < -0.39 is 10.0 Å². The molecule has 1 aromatic heterocycles. The minimum atomic E-state index is -3.61. The van der Waals surface area contributed by atoms with Crippen molar-refractivity contribution >= 4 is 26.8 Å².